The number of nitro benzene ring substituents is 1. The van der Waals surface area contributed by atoms with Crippen LogP contribution in [0.1, 0.15) is 0 Å². The van der Waals surface area contributed by atoms with Crippen LogP contribution in [0.5, 0.6) is 0 Å². The molecule has 0 saturated heterocycles. The normalized spacial score (nSPS) is 10.5. The van der Waals surface area contributed by atoms with E-state index in [2.05, 4.69) is 10.2 Å². The molecule has 0 spiro atoms. The average Bonchev–Trinajstić information content (AvgIpc) is 2.50. The Bertz CT molecular complexity index is 476. The minimum absolute atomic E-state index is 0.0914. The van der Waals surface area contributed by atoms with Crippen molar-refractivity contribution in [2.75, 3.05) is 5.73 Å². The maximum atomic E-state index is 10.6. The molecule has 0 radical (unpaired) electrons. The molecule has 6 nitrogen and oxygen atoms in total. The maximum Gasteiger partial charge on any atom is 0.303 e. The number of nitrogens with zero attached hydrogens (tertiary/aromatic N) is 2. The molecule has 1 aromatic heterocycles. The van der Waals surface area contributed by atoms with E-state index in [1.807, 2.05) is 0 Å². The Balaban J connectivity index is 2.88. The molecule has 0 saturated carbocycles. The van der Waals surface area contributed by atoms with Crippen molar-refractivity contribution in [1.82, 2.24) is 10.2 Å². The van der Waals surface area contributed by atoms with Crippen molar-refractivity contribution in [2.45, 2.75) is 0 Å². The lowest BCUT2D eigenvalue weighted by atomic mass is 10.2. The molecular formula is C7H6N4O2. The van der Waals surface area contributed by atoms with E-state index in [9.17, 15) is 10.1 Å². The number of aromatic amines is 1. The first-order valence-corrected chi connectivity index (χ1v) is 3.56. The fraction of sp³-hybridized carbons (Fsp3) is 0. The summed E-state index contributed by atoms with van der Waals surface area (Å²) in [6.45, 7) is 0. The number of rotatable bonds is 1. The fourth-order valence-corrected chi connectivity index (χ4v) is 1.22. The molecule has 3 N–H and O–H groups in total. The Morgan fingerprint density at radius 1 is 1.54 bits per heavy atom. The van der Waals surface area contributed by atoms with Crippen molar-refractivity contribution in [3.05, 3.63) is 28.4 Å². The molecule has 1 aromatic carbocycles. The van der Waals surface area contributed by atoms with Crippen LogP contribution in [0.25, 0.3) is 10.9 Å². The number of hydrogen-bond donors (Lipinski definition) is 2. The van der Waals surface area contributed by atoms with E-state index < -0.39 is 4.92 Å². The third kappa shape index (κ3) is 0.994. The number of aromatic nitrogens is 2. The second-order valence-electron chi connectivity index (χ2n) is 2.59. The van der Waals surface area contributed by atoms with Crippen molar-refractivity contribution in [2.24, 2.45) is 0 Å². The zero-order valence-corrected chi connectivity index (χ0v) is 6.52. The highest BCUT2D eigenvalue weighted by Gasteiger charge is 2.16. The minimum atomic E-state index is -0.507. The lowest BCUT2D eigenvalue weighted by Gasteiger charge is -1.96. The van der Waals surface area contributed by atoms with Crippen LogP contribution in [0.3, 0.4) is 0 Å². The van der Waals surface area contributed by atoms with E-state index >= 15 is 0 Å². The summed E-state index contributed by atoms with van der Waals surface area (Å²) in [6, 6.07) is 3.14. The Morgan fingerprint density at radius 2 is 2.31 bits per heavy atom. The summed E-state index contributed by atoms with van der Waals surface area (Å²) in [7, 11) is 0. The van der Waals surface area contributed by atoms with E-state index in [-0.39, 0.29) is 11.4 Å². The summed E-state index contributed by atoms with van der Waals surface area (Å²) >= 11 is 0. The second-order valence-corrected chi connectivity index (χ2v) is 2.59. The Hall–Kier alpha value is -2.11. The lowest BCUT2D eigenvalue weighted by Crippen LogP contribution is -1.95. The second kappa shape index (κ2) is 2.44. The van der Waals surface area contributed by atoms with Gasteiger partial charge in [0.05, 0.1) is 22.0 Å². The number of nitrogen functional groups attached to an aromatic ring is 1. The van der Waals surface area contributed by atoms with Crippen molar-refractivity contribution >= 4 is 22.3 Å². The van der Waals surface area contributed by atoms with Gasteiger partial charge in [0.25, 0.3) is 0 Å². The van der Waals surface area contributed by atoms with Gasteiger partial charge in [0.15, 0.2) is 0 Å². The number of nitro groups is 1. The molecule has 0 unspecified atom stereocenters. The lowest BCUT2D eigenvalue weighted by molar-refractivity contribution is -0.382. The maximum absolute atomic E-state index is 10.6. The Labute approximate surface area is 72.5 Å². The summed E-state index contributed by atoms with van der Waals surface area (Å²) in [5.74, 6) is 0. The van der Waals surface area contributed by atoms with Crippen LogP contribution in [-0.2, 0) is 0 Å². The van der Waals surface area contributed by atoms with Crippen LogP contribution < -0.4 is 5.73 Å². The van der Waals surface area contributed by atoms with Gasteiger partial charge in [-0.05, 0) is 12.1 Å². The van der Waals surface area contributed by atoms with Crippen LogP contribution in [0.2, 0.25) is 0 Å². The Kier molecular flexibility index (Phi) is 1.42. The fourth-order valence-electron chi connectivity index (χ4n) is 1.22. The number of fused-ring (bicyclic) bond motifs is 1. The van der Waals surface area contributed by atoms with Crippen LogP contribution in [0, 0.1) is 10.1 Å². The highest BCUT2D eigenvalue weighted by atomic mass is 16.6. The molecule has 2 rings (SSSR count). The van der Waals surface area contributed by atoms with Gasteiger partial charge in [0.1, 0.15) is 5.69 Å². The summed E-state index contributed by atoms with van der Waals surface area (Å²) < 4.78 is 0. The molecule has 1 heterocycles. The van der Waals surface area contributed by atoms with Crippen molar-refractivity contribution < 1.29 is 4.92 Å². The molecule has 0 aliphatic rings. The van der Waals surface area contributed by atoms with Gasteiger partial charge in [-0.3, -0.25) is 15.2 Å². The van der Waals surface area contributed by atoms with E-state index in [0.29, 0.717) is 10.9 Å². The van der Waals surface area contributed by atoms with Crippen molar-refractivity contribution in [1.29, 1.82) is 0 Å². The number of H-pyrrole nitrogens is 1. The molecule has 66 valence electrons. The molecule has 0 aliphatic heterocycles. The van der Waals surface area contributed by atoms with E-state index in [1.54, 1.807) is 6.07 Å². The minimum Gasteiger partial charge on any atom is -0.393 e. The third-order valence-electron chi connectivity index (χ3n) is 1.81. The quantitative estimate of drug-likeness (QED) is 0.387. The predicted octanol–water partition coefficient (Wildman–Crippen LogP) is 1.05. The number of anilines is 1. The summed E-state index contributed by atoms with van der Waals surface area (Å²) in [5, 5.41) is 17.4. The van der Waals surface area contributed by atoms with Gasteiger partial charge >= 0.3 is 5.69 Å². The number of hydrogen-bond acceptors (Lipinski definition) is 4. The molecule has 13 heavy (non-hydrogen) atoms. The van der Waals surface area contributed by atoms with Gasteiger partial charge in [-0.1, -0.05) is 0 Å². The number of nitrogens with one attached hydrogen (secondary N) is 1. The van der Waals surface area contributed by atoms with Crippen molar-refractivity contribution in [3.8, 4) is 0 Å². The smallest absolute Gasteiger partial charge is 0.303 e. The topological polar surface area (TPSA) is 97.8 Å². The van der Waals surface area contributed by atoms with Crippen LogP contribution in [-0.4, -0.2) is 15.1 Å². The SMILES string of the molecule is Nc1ccc2[nH]ncc2c1[N+](=O)[O-]. The summed E-state index contributed by atoms with van der Waals surface area (Å²) in [6.07, 6.45) is 1.39. The molecule has 6 heteroatoms. The summed E-state index contributed by atoms with van der Waals surface area (Å²) in [4.78, 5) is 10.1. The van der Waals surface area contributed by atoms with Gasteiger partial charge in [0, 0.05) is 0 Å². The van der Waals surface area contributed by atoms with Gasteiger partial charge in [0.2, 0.25) is 0 Å². The summed E-state index contributed by atoms with van der Waals surface area (Å²) in [5.41, 5.74) is 6.14. The van der Waals surface area contributed by atoms with E-state index in [4.69, 9.17) is 5.73 Å². The largest absolute Gasteiger partial charge is 0.393 e. The zero-order chi connectivity index (χ0) is 9.42. The zero-order valence-electron chi connectivity index (χ0n) is 6.52. The highest BCUT2D eigenvalue weighted by molar-refractivity contribution is 5.93. The van der Waals surface area contributed by atoms with E-state index in [0.717, 1.165) is 0 Å². The van der Waals surface area contributed by atoms with Crippen LogP contribution in [0.4, 0.5) is 11.4 Å². The van der Waals surface area contributed by atoms with Gasteiger partial charge in [-0.15, -0.1) is 0 Å². The predicted molar refractivity (Wildman–Crippen MR) is 47.2 cm³/mol. The molecule has 0 aliphatic carbocycles. The van der Waals surface area contributed by atoms with Crippen LogP contribution in [0.15, 0.2) is 18.3 Å². The number of nitrogens with two attached hydrogens (primary N) is 1. The first-order chi connectivity index (χ1) is 6.20. The molecule has 2 aromatic rings. The molecule has 0 atom stereocenters. The molecule has 0 bridgehead atoms. The monoisotopic (exact) mass is 178 g/mol. The van der Waals surface area contributed by atoms with Crippen LogP contribution >= 0.6 is 0 Å². The van der Waals surface area contributed by atoms with Gasteiger partial charge in [-0.2, -0.15) is 5.10 Å². The highest BCUT2D eigenvalue weighted by Crippen LogP contribution is 2.29. The average molecular weight is 178 g/mol. The van der Waals surface area contributed by atoms with E-state index in [1.165, 1.54) is 12.3 Å². The van der Waals surface area contributed by atoms with Crippen molar-refractivity contribution in [3.63, 3.8) is 0 Å². The van der Waals surface area contributed by atoms with Gasteiger partial charge < -0.3 is 5.73 Å². The molecule has 0 amide bonds. The molecular weight excluding hydrogens is 172 g/mol. The Morgan fingerprint density at radius 3 is 3.00 bits per heavy atom. The molecule has 0 fully saturated rings. The first kappa shape index (κ1) is 7.53. The number of benzene rings is 1. The standard InChI is InChI=1S/C7H6N4O2/c8-5-1-2-6-4(3-9-10-6)7(5)11(12)13/h1-3H,8H2,(H,9,10). The van der Waals surface area contributed by atoms with Gasteiger partial charge in [-0.25, -0.2) is 0 Å². The first-order valence-electron chi connectivity index (χ1n) is 3.56. The third-order valence-corrected chi connectivity index (χ3v) is 1.81.